The molecule has 1 rings (SSSR count). The molecule has 0 bridgehead atoms. The molecule has 1 nitrogen and oxygen atoms in total. The van der Waals surface area contributed by atoms with Crippen molar-refractivity contribution in [1.29, 1.82) is 0 Å². The summed E-state index contributed by atoms with van der Waals surface area (Å²) in [6.45, 7) is 2.01. The molecule has 3 heteroatoms. The fraction of sp³-hybridized carbons (Fsp3) is 0.333. The minimum atomic E-state index is 0.214. The number of benzene rings is 1. The Hall–Kier alpha value is 0.140. The lowest BCUT2D eigenvalue weighted by Gasteiger charge is -2.05. The van der Waals surface area contributed by atoms with Crippen LogP contribution in [0.4, 0.5) is 0 Å². The minimum Gasteiger partial charge on any atom is -0.328 e. The molecule has 2 N–H and O–H groups in total. The molecule has 0 amide bonds. The van der Waals surface area contributed by atoms with Gasteiger partial charge in [-0.3, -0.25) is 0 Å². The smallest absolute Gasteiger partial charge is 0.0189 e. The first-order chi connectivity index (χ1) is 5.58. The van der Waals surface area contributed by atoms with Crippen LogP contribution >= 0.6 is 31.9 Å². The van der Waals surface area contributed by atoms with Gasteiger partial charge < -0.3 is 5.73 Å². The maximum absolute atomic E-state index is 5.69. The number of nitrogens with two attached hydrogens (primary N) is 1. The molecule has 0 aliphatic rings. The van der Waals surface area contributed by atoms with E-state index >= 15 is 0 Å². The SMILES string of the molecule is C[C@@H](N)Cc1cc(Br)cc(Br)c1. The van der Waals surface area contributed by atoms with Gasteiger partial charge in [0.2, 0.25) is 0 Å². The number of halogens is 2. The molecule has 0 spiro atoms. The van der Waals surface area contributed by atoms with Crippen molar-refractivity contribution in [1.82, 2.24) is 0 Å². The molecule has 0 fully saturated rings. The molecular formula is C9H11Br2N. The van der Waals surface area contributed by atoms with Crippen molar-refractivity contribution >= 4 is 31.9 Å². The first kappa shape index (κ1) is 10.2. The Morgan fingerprint density at radius 3 is 2.17 bits per heavy atom. The highest BCUT2D eigenvalue weighted by Crippen LogP contribution is 2.20. The molecule has 0 saturated heterocycles. The van der Waals surface area contributed by atoms with Gasteiger partial charge in [0, 0.05) is 15.0 Å². The fourth-order valence-corrected chi connectivity index (χ4v) is 2.49. The van der Waals surface area contributed by atoms with Crippen molar-refractivity contribution in [3.8, 4) is 0 Å². The van der Waals surface area contributed by atoms with Gasteiger partial charge in [0.1, 0.15) is 0 Å². The van der Waals surface area contributed by atoms with E-state index in [-0.39, 0.29) is 6.04 Å². The predicted octanol–water partition coefficient (Wildman–Crippen LogP) is 3.10. The zero-order chi connectivity index (χ0) is 9.14. The third-order valence-corrected chi connectivity index (χ3v) is 2.40. The Kier molecular flexibility index (Phi) is 3.75. The first-order valence-corrected chi connectivity index (χ1v) is 5.37. The monoisotopic (exact) mass is 291 g/mol. The maximum atomic E-state index is 5.69. The third kappa shape index (κ3) is 3.25. The summed E-state index contributed by atoms with van der Waals surface area (Å²) >= 11 is 6.86. The molecule has 0 aliphatic heterocycles. The summed E-state index contributed by atoms with van der Waals surface area (Å²) in [4.78, 5) is 0. The highest BCUT2D eigenvalue weighted by Gasteiger charge is 2.00. The molecule has 0 unspecified atom stereocenters. The maximum Gasteiger partial charge on any atom is 0.0189 e. The topological polar surface area (TPSA) is 26.0 Å². The molecule has 12 heavy (non-hydrogen) atoms. The molecular weight excluding hydrogens is 282 g/mol. The van der Waals surface area contributed by atoms with Crippen LogP contribution in [0.15, 0.2) is 27.1 Å². The second-order valence-electron chi connectivity index (χ2n) is 2.96. The van der Waals surface area contributed by atoms with Gasteiger partial charge in [-0.2, -0.15) is 0 Å². The minimum absolute atomic E-state index is 0.214. The number of hydrogen-bond acceptors (Lipinski definition) is 1. The second-order valence-corrected chi connectivity index (χ2v) is 4.79. The summed E-state index contributed by atoms with van der Waals surface area (Å²) in [7, 11) is 0. The summed E-state index contributed by atoms with van der Waals surface area (Å²) in [5, 5.41) is 0. The van der Waals surface area contributed by atoms with Gasteiger partial charge in [-0.15, -0.1) is 0 Å². The molecule has 0 aromatic heterocycles. The Labute approximate surface area is 89.6 Å². The van der Waals surface area contributed by atoms with Gasteiger partial charge in [-0.1, -0.05) is 31.9 Å². The molecule has 0 heterocycles. The van der Waals surface area contributed by atoms with E-state index in [0.29, 0.717) is 0 Å². The zero-order valence-corrected chi connectivity index (χ0v) is 10.0. The summed E-state index contributed by atoms with van der Waals surface area (Å²) < 4.78 is 2.18. The van der Waals surface area contributed by atoms with Gasteiger partial charge in [0.25, 0.3) is 0 Å². The third-order valence-electron chi connectivity index (χ3n) is 1.48. The number of hydrogen-bond donors (Lipinski definition) is 1. The van der Waals surface area contributed by atoms with E-state index in [1.54, 1.807) is 0 Å². The van der Waals surface area contributed by atoms with Crippen molar-refractivity contribution in [2.24, 2.45) is 5.73 Å². The van der Waals surface area contributed by atoms with Crippen LogP contribution in [0.2, 0.25) is 0 Å². The Morgan fingerprint density at radius 2 is 1.75 bits per heavy atom. The van der Waals surface area contributed by atoms with Crippen LogP contribution in [0.3, 0.4) is 0 Å². The Morgan fingerprint density at radius 1 is 1.25 bits per heavy atom. The largest absolute Gasteiger partial charge is 0.328 e. The highest BCUT2D eigenvalue weighted by atomic mass is 79.9. The molecule has 66 valence electrons. The quantitative estimate of drug-likeness (QED) is 0.891. The van der Waals surface area contributed by atoms with Crippen LogP contribution in [-0.2, 0) is 6.42 Å². The molecule has 0 saturated carbocycles. The lowest BCUT2D eigenvalue weighted by atomic mass is 10.1. The van der Waals surface area contributed by atoms with E-state index < -0.39 is 0 Å². The van der Waals surface area contributed by atoms with Gasteiger partial charge in [0.05, 0.1) is 0 Å². The lowest BCUT2D eigenvalue weighted by molar-refractivity contribution is 0.737. The van der Waals surface area contributed by atoms with Crippen molar-refractivity contribution in [3.63, 3.8) is 0 Å². The average Bonchev–Trinajstić information content (AvgIpc) is 1.81. The van der Waals surface area contributed by atoms with Crippen LogP contribution in [-0.4, -0.2) is 6.04 Å². The van der Waals surface area contributed by atoms with E-state index in [9.17, 15) is 0 Å². The van der Waals surface area contributed by atoms with E-state index in [4.69, 9.17) is 5.73 Å². The summed E-state index contributed by atoms with van der Waals surface area (Å²) in [5.41, 5.74) is 6.95. The Bertz CT molecular complexity index is 251. The summed E-state index contributed by atoms with van der Waals surface area (Å²) in [5.74, 6) is 0. The lowest BCUT2D eigenvalue weighted by Crippen LogP contribution is -2.17. The second kappa shape index (κ2) is 4.40. The van der Waals surface area contributed by atoms with Crippen LogP contribution < -0.4 is 5.73 Å². The standard InChI is InChI=1S/C9H11Br2N/c1-6(12)2-7-3-8(10)5-9(11)4-7/h3-6H,2,12H2,1H3/t6-/m1/s1. The molecule has 0 radical (unpaired) electrons. The van der Waals surface area contributed by atoms with E-state index in [1.165, 1.54) is 5.56 Å². The molecule has 1 aromatic rings. The molecule has 1 aromatic carbocycles. The van der Waals surface area contributed by atoms with Gasteiger partial charge in [-0.25, -0.2) is 0 Å². The van der Waals surface area contributed by atoms with Crippen molar-refractivity contribution < 1.29 is 0 Å². The summed E-state index contributed by atoms with van der Waals surface area (Å²) in [6, 6.07) is 6.42. The molecule has 1 atom stereocenters. The van der Waals surface area contributed by atoms with Crippen LogP contribution in [0.25, 0.3) is 0 Å². The van der Waals surface area contributed by atoms with Gasteiger partial charge in [-0.05, 0) is 37.1 Å². The zero-order valence-electron chi connectivity index (χ0n) is 6.85. The van der Waals surface area contributed by atoms with Crippen molar-refractivity contribution in [2.75, 3.05) is 0 Å². The van der Waals surface area contributed by atoms with E-state index in [1.807, 2.05) is 13.0 Å². The normalized spacial score (nSPS) is 13.0. The Balaban J connectivity index is 2.85. The van der Waals surface area contributed by atoms with Crippen molar-refractivity contribution in [2.45, 2.75) is 19.4 Å². The highest BCUT2D eigenvalue weighted by molar-refractivity contribution is 9.11. The number of rotatable bonds is 2. The summed E-state index contributed by atoms with van der Waals surface area (Å²) in [6.07, 6.45) is 0.915. The van der Waals surface area contributed by atoms with Gasteiger partial charge in [0.15, 0.2) is 0 Å². The predicted molar refractivity (Wildman–Crippen MR) is 59.2 cm³/mol. The van der Waals surface area contributed by atoms with E-state index in [2.05, 4.69) is 44.0 Å². The van der Waals surface area contributed by atoms with Crippen LogP contribution in [0.1, 0.15) is 12.5 Å². The fourth-order valence-electron chi connectivity index (χ4n) is 1.10. The van der Waals surface area contributed by atoms with Gasteiger partial charge >= 0.3 is 0 Å². The molecule has 0 aliphatic carbocycles. The van der Waals surface area contributed by atoms with Crippen LogP contribution in [0, 0.1) is 0 Å². The first-order valence-electron chi connectivity index (χ1n) is 3.78. The average molecular weight is 293 g/mol. The van der Waals surface area contributed by atoms with Crippen LogP contribution in [0.5, 0.6) is 0 Å². The van der Waals surface area contributed by atoms with E-state index in [0.717, 1.165) is 15.4 Å². The van der Waals surface area contributed by atoms with Crippen molar-refractivity contribution in [3.05, 3.63) is 32.7 Å².